The Labute approximate surface area is 198 Å². The van der Waals surface area contributed by atoms with Crippen LogP contribution >= 0.6 is 15.9 Å². The summed E-state index contributed by atoms with van der Waals surface area (Å²) >= 11 is 3.19. The van der Waals surface area contributed by atoms with Crippen molar-refractivity contribution in [3.05, 3.63) is 20.8 Å². The van der Waals surface area contributed by atoms with Crippen molar-refractivity contribution in [2.45, 2.75) is 85.2 Å². The maximum absolute atomic E-state index is 12.5. The molecule has 2 aromatic rings. The lowest BCUT2D eigenvalue weighted by atomic mass is 10.1. The molecular weight excluding hydrogens is 476 g/mol. The van der Waals surface area contributed by atoms with Crippen molar-refractivity contribution in [3.63, 3.8) is 0 Å². The lowest BCUT2D eigenvalue weighted by Gasteiger charge is -2.19. The van der Waals surface area contributed by atoms with E-state index in [9.17, 15) is 9.59 Å². The first-order valence-electron chi connectivity index (χ1n) is 11.5. The zero-order valence-electron chi connectivity index (χ0n) is 20.0. The van der Waals surface area contributed by atoms with Gasteiger partial charge in [0, 0.05) is 25.2 Å². The van der Waals surface area contributed by atoms with Crippen LogP contribution < -0.4 is 15.8 Å². The summed E-state index contributed by atoms with van der Waals surface area (Å²) in [7, 11) is 0. The number of anilines is 1. The van der Waals surface area contributed by atoms with Crippen LogP contribution in [-0.4, -0.2) is 50.9 Å². The second-order valence-corrected chi connectivity index (χ2v) is 9.61. The van der Waals surface area contributed by atoms with Crippen molar-refractivity contribution >= 4 is 33.4 Å². The van der Waals surface area contributed by atoms with Crippen LogP contribution in [0.3, 0.4) is 0 Å². The Hall–Kier alpha value is -1.94. The molecule has 3 rings (SSSR count). The number of hydrogen-bond acceptors (Lipinski definition) is 7. The summed E-state index contributed by atoms with van der Waals surface area (Å²) in [6.07, 6.45) is 7.19. The lowest BCUT2D eigenvalue weighted by Crippen LogP contribution is -2.32. The lowest BCUT2D eigenvalue weighted by molar-refractivity contribution is -0.154. The minimum atomic E-state index is -0.333. The molecule has 1 aliphatic rings. The molecule has 0 aromatic carbocycles. The van der Waals surface area contributed by atoms with E-state index in [4.69, 9.17) is 4.74 Å². The largest absolute Gasteiger partial charge is 0.460 e. The number of hydrogen-bond donors (Lipinski definition) is 2. The van der Waals surface area contributed by atoms with Crippen LogP contribution in [-0.2, 0) is 16.0 Å². The van der Waals surface area contributed by atoms with Crippen molar-refractivity contribution in [3.8, 4) is 0 Å². The van der Waals surface area contributed by atoms with Crippen molar-refractivity contribution in [1.29, 1.82) is 0 Å². The fourth-order valence-electron chi connectivity index (χ4n) is 3.48. The normalized spacial score (nSPS) is 13.9. The number of H-pyrrole nitrogens is 1. The molecule has 9 nitrogen and oxygen atoms in total. The summed E-state index contributed by atoms with van der Waals surface area (Å²) in [5.74, 6) is 0.411. The number of ether oxygens (including phenoxy) is 1. The number of fused-ring (bicyclic) bond motifs is 1. The average molecular weight is 513 g/mol. The molecule has 0 radical (unpaired) electrons. The number of esters is 1. The van der Waals surface area contributed by atoms with Gasteiger partial charge in [0.15, 0.2) is 0 Å². The van der Waals surface area contributed by atoms with Crippen LogP contribution in [0, 0.1) is 0 Å². The highest BCUT2D eigenvalue weighted by atomic mass is 79.9. The van der Waals surface area contributed by atoms with Crippen LogP contribution in [0.25, 0.3) is 5.78 Å². The van der Waals surface area contributed by atoms with Gasteiger partial charge in [0.25, 0.3) is 5.56 Å². The first-order valence-corrected chi connectivity index (χ1v) is 12.3. The maximum Gasteiger partial charge on any atom is 0.306 e. The quantitative estimate of drug-likeness (QED) is 0.409. The van der Waals surface area contributed by atoms with Gasteiger partial charge in [0.05, 0.1) is 6.67 Å². The molecule has 1 fully saturated rings. The van der Waals surface area contributed by atoms with E-state index in [0.717, 1.165) is 38.0 Å². The molecule has 1 aliphatic heterocycles. The minimum Gasteiger partial charge on any atom is -0.460 e. The number of carbonyl (C=O) groups is 1. The van der Waals surface area contributed by atoms with Crippen LogP contribution in [0.15, 0.2) is 9.53 Å². The van der Waals surface area contributed by atoms with Crippen LogP contribution in [0.2, 0.25) is 0 Å². The molecule has 0 spiro atoms. The minimum absolute atomic E-state index is 0.0611. The van der Waals surface area contributed by atoms with Gasteiger partial charge in [-0.15, -0.1) is 5.10 Å². The molecule has 32 heavy (non-hydrogen) atoms. The number of aromatic nitrogens is 4. The fourth-order valence-corrected chi connectivity index (χ4v) is 3.80. The van der Waals surface area contributed by atoms with E-state index >= 15 is 0 Å². The molecule has 1 saturated heterocycles. The molecular formula is C22H37BrN6O3. The summed E-state index contributed by atoms with van der Waals surface area (Å²) in [6, 6.07) is 0. The number of aromatic amines is 1. The highest BCUT2D eigenvalue weighted by Gasteiger charge is 2.21. The van der Waals surface area contributed by atoms with E-state index in [1.54, 1.807) is 0 Å². The average Bonchev–Trinajstić information content (AvgIpc) is 3.36. The zero-order chi connectivity index (χ0) is 23.7. The van der Waals surface area contributed by atoms with Crippen LogP contribution in [0.5, 0.6) is 0 Å². The van der Waals surface area contributed by atoms with Gasteiger partial charge in [-0.3, -0.25) is 14.9 Å². The third-order valence-electron chi connectivity index (χ3n) is 4.96. The van der Waals surface area contributed by atoms with Gasteiger partial charge in [-0.2, -0.15) is 9.50 Å². The van der Waals surface area contributed by atoms with Gasteiger partial charge in [-0.1, -0.05) is 39.5 Å². The first kappa shape index (κ1) is 26.3. The molecule has 0 unspecified atom stereocenters. The summed E-state index contributed by atoms with van der Waals surface area (Å²) in [4.78, 5) is 33.1. The highest BCUT2D eigenvalue weighted by molar-refractivity contribution is 9.10. The SMILES string of the molecule is CCCCCCCC(=O)OC(C)(C)C.CCc1[nH]c2nc(Br)nn2c(=O)c1N1CCNC1. The number of aryl methyl sites for hydroxylation is 1. The van der Waals surface area contributed by atoms with E-state index in [1.807, 2.05) is 32.6 Å². The Bertz CT molecular complexity index is 928. The third-order valence-corrected chi connectivity index (χ3v) is 5.30. The van der Waals surface area contributed by atoms with Crippen molar-refractivity contribution in [2.24, 2.45) is 0 Å². The maximum atomic E-state index is 12.5. The van der Waals surface area contributed by atoms with Crippen LogP contribution in [0.4, 0.5) is 5.69 Å². The van der Waals surface area contributed by atoms with E-state index in [-0.39, 0.29) is 17.1 Å². The number of nitrogens with zero attached hydrogens (tertiary/aromatic N) is 4. The fraction of sp³-hybridized carbons (Fsp3) is 0.727. The Balaban J connectivity index is 0.000000237. The van der Waals surface area contributed by atoms with Crippen LogP contribution in [0.1, 0.15) is 78.8 Å². The molecule has 180 valence electrons. The van der Waals surface area contributed by atoms with Gasteiger partial charge in [0.2, 0.25) is 10.5 Å². The number of carbonyl (C=O) groups excluding carboxylic acids is 1. The summed E-state index contributed by atoms with van der Waals surface area (Å²) in [5.41, 5.74) is 1.13. The van der Waals surface area contributed by atoms with Gasteiger partial charge in [-0.25, -0.2) is 0 Å². The van der Waals surface area contributed by atoms with E-state index in [1.165, 1.54) is 23.8 Å². The Kier molecular flexibility index (Phi) is 10.1. The molecule has 0 amide bonds. The van der Waals surface area contributed by atoms with Crippen molar-refractivity contribution in [2.75, 3.05) is 24.7 Å². The van der Waals surface area contributed by atoms with E-state index < -0.39 is 0 Å². The Morgan fingerprint density at radius 1 is 1.19 bits per heavy atom. The van der Waals surface area contributed by atoms with E-state index in [0.29, 0.717) is 29.3 Å². The Morgan fingerprint density at radius 3 is 2.50 bits per heavy atom. The summed E-state index contributed by atoms with van der Waals surface area (Å²) < 4.78 is 6.92. The third kappa shape index (κ3) is 7.88. The predicted octanol–water partition coefficient (Wildman–Crippen LogP) is 3.80. The standard InChI is InChI=1S/C12H24O2.C10H13BrN6O/c1-5-6-7-8-9-10-11(13)14-12(2,3)4;1-2-6-7(16-4-3-12-5-16)8(18)17-10(13-6)14-9(11)15-17/h5-10H2,1-4H3;12H,2-5H2,1H3,(H,13,14,15). The Morgan fingerprint density at radius 2 is 1.91 bits per heavy atom. The first-order chi connectivity index (χ1) is 15.2. The number of nitrogens with one attached hydrogen (secondary N) is 2. The topological polar surface area (TPSA) is 105 Å². The summed E-state index contributed by atoms with van der Waals surface area (Å²) in [5, 5.41) is 7.27. The molecule has 10 heteroatoms. The molecule has 0 bridgehead atoms. The molecule has 0 saturated carbocycles. The van der Waals surface area contributed by atoms with E-state index in [2.05, 4.69) is 43.2 Å². The van der Waals surface area contributed by atoms with Crippen molar-refractivity contribution < 1.29 is 9.53 Å². The van der Waals surface area contributed by atoms with Gasteiger partial charge >= 0.3 is 5.97 Å². The second-order valence-electron chi connectivity index (χ2n) is 8.90. The predicted molar refractivity (Wildman–Crippen MR) is 130 cm³/mol. The number of rotatable bonds is 8. The molecule has 0 atom stereocenters. The molecule has 2 N–H and O–H groups in total. The summed E-state index contributed by atoms with van der Waals surface area (Å²) in [6.45, 7) is 12.3. The highest BCUT2D eigenvalue weighted by Crippen LogP contribution is 2.17. The number of halogens is 1. The second kappa shape index (κ2) is 12.3. The van der Waals surface area contributed by atoms with Gasteiger partial charge in [0.1, 0.15) is 11.3 Å². The molecule has 0 aliphatic carbocycles. The molecule has 3 heterocycles. The monoisotopic (exact) mass is 512 g/mol. The zero-order valence-corrected chi connectivity index (χ0v) is 21.5. The number of unbranched alkanes of at least 4 members (excludes halogenated alkanes) is 4. The molecule has 2 aromatic heterocycles. The van der Waals surface area contributed by atoms with Gasteiger partial charge in [-0.05, 0) is 49.5 Å². The smallest absolute Gasteiger partial charge is 0.306 e. The van der Waals surface area contributed by atoms with Crippen molar-refractivity contribution in [1.82, 2.24) is 24.9 Å². The van der Waals surface area contributed by atoms with Gasteiger partial charge < -0.3 is 14.6 Å².